The summed E-state index contributed by atoms with van der Waals surface area (Å²) in [6.45, 7) is 10.2. The highest BCUT2D eigenvalue weighted by molar-refractivity contribution is 7.12. The van der Waals surface area contributed by atoms with Gasteiger partial charge in [-0.05, 0) is 75.4 Å². The largest absolute Gasteiger partial charge is 0.497 e. The Bertz CT molecular complexity index is 1200. The third-order valence-electron chi connectivity index (χ3n) is 6.89. The van der Waals surface area contributed by atoms with Crippen LogP contribution in [0.3, 0.4) is 0 Å². The van der Waals surface area contributed by atoms with Crippen LogP contribution in [0.4, 0.5) is 0 Å². The van der Waals surface area contributed by atoms with E-state index in [1.54, 1.807) is 18.4 Å². The Labute approximate surface area is 237 Å². The molecule has 0 amide bonds. The summed E-state index contributed by atoms with van der Waals surface area (Å²) in [7, 11) is 1.66. The fourth-order valence-electron chi connectivity index (χ4n) is 4.39. The average molecular weight is 551 g/mol. The van der Waals surface area contributed by atoms with E-state index in [0.717, 1.165) is 46.0 Å². The number of aryl methyl sites for hydroxylation is 1. The van der Waals surface area contributed by atoms with Crippen LogP contribution in [0.1, 0.15) is 66.0 Å². The Kier molecular flexibility index (Phi) is 11.4. The molecule has 2 aromatic carbocycles. The lowest BCUT2D eigenvalue weighted by Crippen LogP contribution is -2.33. The highest BCUT2D eigenvalue weighted by Crippen LogP contribution is 2.44. The van der Waals surface area contributed by atoms with Crippen LogP contribution in [0.15, 0.2) is 72.6 Å². The number of nitrogens with one attached hydrogen (secondary N) is 1. The fourth-order valence-corrected chi connectivity index (χ4v) is 5.75. The molecule has 0 saturated carbocycles. The molecule has 3 aromatic rings. The van der Waals surface area contributed by atoms with Crippen LogP contribution in [0.5, 0.6) is 5.75 Å². The number of methoxy groups -OCH3 is 1. The van der Waals surface area contributed by atoms with Crippen LogP contribution >= 0.6 is 11.3 Å². The standard InChI is InChI=1S/C32H42N2O4S/c1-6-34-19-27(33)14-17-29(32(3,4)31(35)38-21-24-10-8-7-9-11-24)30-18-26(23(2)39-30)22-37-20-25-12-15-28(36-5)16-13-25/h7-13,15-16,18-19,29,34H,6,14,17,20-22,33H2,1-5H3/b27-19-. The molecule has 1 aromatic heterocycles. The molecule has 0 aliphatic carbocycles. The van der Waals surface area contributed by atoms with Gasteiger partial charge in [-0.3, -0.25) is 4.79 Å². The second kappa shape index (κ2) is 14.8. The molecule has 6 nitrogen and oxygen atoms in total. The van der Waals surface area contributed by atoms with E-state index >= 15 is 0 Å². The van der Waals surface area contributed by atoms with Crippen molar-refractivity contribution in [1.82, 2.24) is 5.32 Å². The van der Waals surface area contributed by atoms with Crippen molar-refractivity contribution in [2.24, 2.45) is 11.1 Å². The maximum atomic E-state index is 13.4. The Morgan fingerprint density at radius 3 is 2.41 bits per heavy atom. The maximum Gasteiger partial charge on any atom is 0.312 e. The molecule has 1 atom stereocenters. The number of rotatable bonds is 15. The molecule has 3 N–H and O–H groups in total. The van der Waals surface area contributed by atoms with E-state index in [2.05, 4.69) is 18.3 Å². The van der Waals surface area contributed by atoms with Crippen molar-refractivity contribution in [2.75, 3.05) is 13.7 Å². The Hall–Kier alpha value is -3.29. The van der Waals surface area contributed by atoms with Crippen LogP contribution in [-0.2, 0) is 34.1 Å². The molecule has 1 unspecified atom stereocenters. The Morgan fingerprint density at radius 2 is 1.74 bits per heavy atom. The van der Waals surface area contributed by atoms with Crippen LogP contribution in [0.2, 0.25) is 0 Å². The number of thiophene rings is 1. The second-order valence-electron chi connectivity index (χ2n) is 10.2. The van der Waals surface area contributed by atoms with Gasteiger partial charge >= 0.3 is 5.97 Å². The third-order valence-corrected chi connectivity index (χ3v) is 8.10. The first-order valence-electron chi connectivity index (χ1n) is 13.4. The number of carbonyl (C=O) groups is 1. The third kappa shape index (κ3) is 8.87. The summed E-state index contributed by atoms with van der Waals surface area (Å²) in [5, 5.41) is 3.17. The van der Waals surface area contributed by atoms with Crippen molar-refractivity contribution in [1.29, 1.82) is 0 Å². The van der Waals surface area contributed by atoms with Gasteiger partial charge in [-0.1, -0.05) is 42.5 Å². The van der Waals surface area contributed by atoms with E-state index in [1.165, 1.54) is 4.88 Å². The van der Waals surface area contributed by atoms with Gasteiger partial charge in [-0.15, -0.1) is 11.3 Å². The van der Waals surface area contributed by atoms with E-state index in [9.17, 15) is 4.79 Å². The molecule has 0 aliphatic heterocycles. The zero-order chi connectivity index (χ0) is 28.3. The zero-order valence-corrected chi connectivity index (χ0v) is 24.6. The summed E-state index contributed by atoms with van der Waals surface area (Å²) in [6, 6.07) is 19.9. The molecule has 0 aliphatic rings. The van der Waals surface area contributed by atoms with Gasteiger partial charge in [-0.25, -0.2) is 0 Å². The lowest BCUT2D eigenvalue weighted by atomic mass is 9.75. The minimum Gasteiger partial charge on any atom is -0.497 e. The molecular formula is C32H42N2O4S. The van der Waals surface area contributed by atoms with Crippen LogP contribution in [0.25, 0.3) is 0 Å². The van der Waals surface area contributed by atoms with E-state index in [4.69, 9.17) is 19.9 Å². The molecule has 0 radical (unpaired) electrons. The first-order valence-corrected chi connectivity index (χ1v) is 14.2. The lowest BCUT2D eigenvalue weighted by molar-refractivity contribution is -0.156. The van der Waals surface area contributed by atoms with Crippen LogP contribution in [0, 0.1) is 12.3 Å². The van der Waals surface area contributed by atoms with Gasteiger partial charge in [0.25, 0.3) is 0 Å². The van der Waals surface area contributed by atoms with Gasteiger partial charge in [0.2, 0.25) is 0 Å². The SMILES string of the molecule is CCN/C=C(\N)CCC(c1cc(COCc2ccc(OC)cc2)c(C)s1)C(C)(C)C(=O)OCc1ccccc1. The fraction of sp³-hybridized carbons (Fsp3) is 0.406. The number of hydrogen-bond acceptors (Lipinski definition) is 7. The monoisotopic (exact) mass is 550 g/mol. The van der Waals surface area contributed by atoms with Crippen LogP contribution < -0.4 is 15.8 Å². The summed E-state index contributed by atoms with van der Waals surface area (Å²) < 4.78 is 17.1. The van der Waals surface area contributed by atoms with E-state index in [0.29, 0.717) is 19.6 Å². The van der Waals surface area contributed by atoms with Crippen molar-refractivity contribution >= 4 is 17.3 Å². The van der Waals surface area contributed by atoms with Gasteiger partial charge in [-0.2, -0.15) is 0 Å². The second-order valence-corrected chi connectivity index (χ2v) is 11.5. The number of allylic oxidation sites excluding steroid dienone is 1. The topological polar surface area (TPSA) is 82.8 Å². The van der Waals surface area contributed by atoms with Gasteiger partial charge in [0.15, 0.2) is 0 Å². The van der Waals surface area contributed by atoms with E-state index in [-0.39, 0.29) is 18.5 Å². The summed E-state index contributed by atoms with van der Waals surface area (Å²) in [4.78, 5) is 15.8. The lowest BCUT2D eigenvalue weighted by Gasteiger charge is -2.32. The highest BCUT2D eigenvalue weighted by Gasteiger charge is 2.40. The first-order chi connectivity index (χ1) is 18.7. The molecule has 3 rings (SSSR count). The number of ether oxygens (including phenoxy) is 3. The first kappa shape index (κ1) is 30.3. The maximum absolute atomic E-state index is 13.4. The Morgan fingerprint density at radius 1 is 1.05 bits per heavy atom. The summed E-state index contributed by atoms with van der Waals surface area (Å²) in [6.07, 6.45) is 3.26. The molecule has 39 heavy (non-hydrogen) atoms. The predicted molar refractivity (Wildman–Crippen MR) is 158 cm³/mol. The molecule has 0 spiro atoms. The van der Waals surface area contributed by atoms with E-state index < -0.39 is 5.41 Å². The highest BCUT2D eigenvalue weighted by atomic mass is 32.1. The van der Waals surface area contributed by atoms with Gasteiger partial charge in [0.05, 0.1) is 25.7 Å². The molecular weight excluding hydrogens is 508 g/mol. The van der Waals surface area contributed by atoms with E-state index in [1.807, 2.05) is 81.6 Å². The van der Waals surface area contributed by atoms with Gasteiger partial charge < -0.3 is 25.3 Å². The number of nitrogens with two attached hydrogens (primary N) is 1. The summed E-state index contributed by atoms with van der Waals surface area (Å²) in [5.41, 5.74) is 9.50. The summed E-state index contributed by atoms with van der Waals surface area (Å²) >= 11 is 1.72. The van der Waals surface area contributed by atoms with Gasteiger partial charge in [0, 0.05) is 34.1 Å². The normalized spacial score (nSPS) is 12.7. The average Bonchev–Trinajstić information content (AvgIpc) is 3.30. The molecule has 0 fully saturated rings. The number of hydrogen-bond donors (Lipinski definition) is 2. The summed E-state index contributed by atoms with van der Waals surface area (Å²) in [5.74, 6) is 0.552. The van der Waals surface area contributed by atoms with Crippen molar-refractivity contribution in [2.45, 2.75) is 66.3 Å². The number of esters is 1. The number of carbonyl (C=O) groups excluding carboxylic acids is 1. The quantitative estimate of drug-likeness (QED) is 0.202. The van der Waals surface area contributed by atoms with Crippen molar-refractivity contribution in [3.63, 3.8) is 0 Å². The molecule has 0 bridgehead atoms. The predicted octanol–water partition coefficient (Wildman–Crippen LogP) is 6.82. The van der Waals surface area contributed by atoms with Crippen molar-refractivity contribution in [3.8, 4) is 5.75 Å². The Balaban J connectivity index is 1.74. The van der Waals surface area contributed by atoms with Gasteiger partial charge in [0.1, 0.15) is 12.4 Å². The molecule has 0 saturated heterocycles. The van der Waals surface area contributed by atoms with Crippen LogP contribution in [-0.4, -0.2) is 19.6 Å². The molecule has 1 heterocycles. The smallest absolute Gasteiger partial charge is 0.312 e. The number of benzene rings is 2. The molecule has 210 valence electrons. The molecule has 7 heteroatoms. The zero-order valence-electron chi connectivity index (χ0n) is 23.8. The minimum absolute atomic E-state index is 0.0617. The minimum atomic E-state index is -0.744. The van der Waals surface area contributed by atoms with Crippen molar-refractivity contribution < 1.29 is 19.0 Å². The van der Waals surface area contributed by atoms with Crippen molar-refractivity contribution in [3.05, 3.63) is 99.0 Å².